The van der Waals surface area contributed by atoms with Crippen LogP contribution in [0, 0.1) is 0 Å². The fourth-order valence-corrected chi connectivity index (χ4v) is 4.20. The molecule has 0 bridgehead atoms. The van der Waals surface area contributed by atoms with E-state index in [1.165, 1.54) is 15.9 Å². The molecule has 0 amide bonds. The third kappa shape index (κ3) is 3.15. The first-order valence-corrected chi connectivity index (χ1v) is 9.49. The van der Waals surface area contributed by atoms with Crippen molar-refractivity contribution in [3.05, 3.63) is 96.1 Å². The van der Waals surface area contributed by atoms with Crippen LogP contribution in [0.1, 0.15) is 11.1 Å². The molecule has 1 N–H and O–H groups in total. The Hall–Kier alpha value is -2.65. The summed E-state index contributed by atoms with van der Waals surface area (Å²) >= 11 is 1.87. The molecule has 0 aliphatic rings. The predicted octanol–water partition coefficient (Wildman–Crippen LogP) is 5.98. The van der Waals surface area contributed by atoms with Gasteiger partial charge in [-0.05, 0) is 17.2 Å². The molecular formula is C22H19NOS. The fourth-order valence-electron chi connectivity index (χ4n) is 3.17. The highest BCUT2D eigenvalue weighted by molar-refractivity contribution is 7.97. The summed E-state index contributed by atoms with van der Waals surface area (Å²) in [7, 11) is 0. The van der Waals surface area contributed by atoms with E-state index < -0.39 is 0 Å². The standard InChI is InChI=1S/C22H19NOS/c24-23-21-14-8-7-13-19(21)20(22(23)18-11-5-2-6-12-18)16-25-15-17-9-3-1-4-10-17/h1-14,24H,15-16H2. The van der Waals surface area contributed by atoms with Crippen molar-refractivity contribution in [2.24, 2.45) is 0 Å². The van der Waals surface area contributed by atoms with Crippen molar-refractivity contribution in [2.45, 2.75) is 11.5 Å². The van der Waals surface area contributed by atoms with Crippen molar-refractivity contribution in [3.8, 4) is 11.3 Å². The van der Waals surface area contributed by atoms with E-state index >= 15 is 0 Å². The lowest BCUT2D eigenvalue weighted by molar-refractivity contribution is 0.204. The van der Waals surface area contributed by atoms with Crippen molar-refractivity contribution in [3.63, 3.8) is 0 Å². The van der Waals surface area contributed by atoms with Crippen LogP contribution in [-0.2, 0) is 11.5 Å². The minimum atomic E-state index is 0.854. The molecule has 0 aliphatic carbocycles. The van der Waals surface area contributed by atoms with Crippen LogP contribution in [0.3, 0.4) is 0 Å². The molecule has 3 aromatic carbocycles. The Morgan fingerprint density at radius 2 is 1.36 bits per heavy atom. The lowest BCUT2D eigenvalue weighted by Crippen LogP contribution is -1.95. The number of rotatable bonds is 5. The molecule has 4 aromatic rings. The monoisotopic (exact) mass is 345 g/mol. The molecule has 0 saturated carbocycles. The maximum Gasteiger partial charge on any atom is 0.0919 e. The molecular weight excluding hydrogens is 326 g/mol. The molecule has 0 fully saturated rings. The lowest BCUT2D eigenvalue weighted by atomic mass is 10.1. The van der Waals surface area contributed by atoms with Gasteiger partial charge in [0, 0.05) is 22.5 Å². The minimum Gasteiger partial charge on any atom is -0.428 e. The number of thioether (sulfide) groups is 1. The van der Waals surface area contributed by atoms with Crippen LogP contribution >= 0.6 is 11.8 Å². The Kier molecular flexibility index (Phi) is 4.49. The van der Waals surface area contributed by atoms with Crippen LogP contribution in [0.25, 0.3) is 22.2 Å². The van der Waals surface area contributed by atoms with Gasteiger partial charge in [0.25, 0.3) is 0 Å². The smallest absolute Gasteiger partial charge is 0.0919 e. The van der Waals surface area contributed by atoms with Crippen LogP contribution < -0.4 is 0 Å². The lowest BCUT2D eigenvalue weighted by Gasteiger charge is -2.07. The second-order valence-corrected chi connectivity index (χ2v) is 6.99. The maximum absolute atomic E-state index is 10.7. The first-order valence-electron chi connectivity index (χ1n) is 8.33. The fraction of sp³-hybridized carbons (Fsp3) is 0.0909. The van der Waals surface area contributed by atoms with Crippen molar-refractivity contribution in [2.75, 3.05) is 0 Å². The number of nitrogens with zero attached hydrogens (tertiary/aromatic N) is 1. The third-order valence-electron chi connectivity index (χ3n) is 4.36. The normalized spacial score (nSPS) is 11.0. The number of hydrogen-bond acceptors (Lipinski definition) is 2. The first-order chi connectivity index (χ1) is 12.3. The minimum absolute atomic E-state index is 0.854. The van der Waals surface area contributed by atoms with Crippen molar-refractivity contribution >= 4 is 22.7 Å². The highest BCUT2D eigenvalue weighted by Crippen LogP contribution is 2.35. The summed E-state index contributed by atoms with van der Waals surface area (Å²) in [6, 6.07) is 28.7. The van der Waals surface area contributed by atoms with Crippen LogP contribution in [0.15, 0.2) is 84.9 Å². The van der Waals surface area contributed by atoms with Crippen LogP contribution in [-0.4, -0.2) is 9.94 Å². The summed E-state index contributed by atoms with van der Waals surface area (Å²) in [6.45, 7) is 0. The Bertz CT molecular complexity index is 977. The largest absolute Gasteiger partial charge is 0.428 e. The molecule has 0 saturated heterocycles. The molecule has 124 valence electrons. The summed E-state index contributed by atoms with van der Waals surface area (Å²) < 4.78 is 1.34. The first kappa shape index (κ1) is 15.9. The summed E-state index contributed by atoms with van der Waals surface area (Å²) in [5.74, 6) is 1.81. The number of fused-ring (bicyclic) bond motifs is 1. The zero-order chi connectivity index (χ0) is 17.1. The third-order valence-corrected chi connectivity index (χ3v) is 5.39. The van der Waals surface area contributed by atoms with E-state index in [1.807, 2.05) is 66.4 Å². The number of para-hydroxylation sites is 1. The molecule has 1 aromatic heterocycles. The van der Waals surface area contributed by atoms with Gasteiger partial charge in [-0.1, -0.05) is 78.9 Å². The van der Waals surface area contributed by atoms with Crippen molar-refractivity contribution in [1.29, 1.82) is 0 Å². The van der Waals surface area contributed by atoms with Gasteiger partial charge in [-0.2, -0.15) is 16.5 Å². The zero-order valence-corrected chi connectivity index (χ0v) is 14.6. The Morgan fingerprint density at radius 1 is 0.720 bits per heavy atom. The van der Waals surface area contributed by atoms with Crippen LogP contribution in [0.2, 0.25) is 0 Å². The van der Waals surface area contributed by atoms with Crippen molar-refractivity contribution < 1.29 is 5.21 Å². The molecule has 4 rings (SSSR count). The van der Waals surface area contributed by atoms with E-state index in [1.54, 1.807) is 0 Å². The van der Waals surface area contributed by atoms with Gasteiger partial charge in [0.15, 0.2) is 0 Å². The van der Waals surface area contributed by atoms with Crippen molar-refractivity contribution in [1.82, 2.24) is 4.73 Å². The van der Waals surface area contributed by atoms with E-state index in [4.69, 9.17) is 0 Å². The van der Waals surface area contributed by atoms with Gasteiger partial charge in [-0.25, -0.2) is 0 Å². The van der Waals surface area contributed by atoms with Crippen LogP contribution in [0.4, 0.5) is 0 Å². The molecule has 2 nitrogen and oxygen atoms in total. The molecule has 0 aliphatic heterocycles. The number of aromatic nitrogens is 1. The Balaban J connectivity index is 1.71. The van der Waals surface area contributed by atoms with E-state index in [0.29, 0.717) is 0 Å². The second-order valence-electron chi connectivity index (χ2n) is 6.00. The van der Waals surface area contributed by atoms with Gasteiger partial charge >= 0.3 is 0 Å². The molecule has 1 heterocycles. The summed E-state index contributed by atoms with van der Waals surface area (Å²) in [4.78, 5) is 0. The van der Waals surface area contributed by atoms with Crippen LogP contribution in [0.5, 0.6) is 0 Å². The average Bonchev–Trinajstić information content (AvgIpc) is 2.96. The number of benzene rings is 3. The Morgan fingerprint density at radius 3 is 2.12 bits per heavy atom. The highest BCUT2D eigenvalue weighted by atomic mass is 32.2. The SMILES string of the molecule is On1c(-c2ccccc2)c(CSCc2ccccc2)c2ccccc21. The molecule has 0 unspecified atom stereocenters. The quantitative estimate of drug-likeness (QED) is 0.450. The molecule has 25 heavy (non-hydrogen) atoms. The summed E-state index contributed by atoms with van der Waals surface area (Å²) in [6.07, 6.45) is 0. The maximum atomic E-state index is 10.7. The van der Waals surface area contributed by atoms with E-state index in [9.17, 15) is 5.21 Å². The average molecular weight is 345 g/mol. The highest BCUT2D eigenvalue weighted by Gasteiger charge is 2.17. The van der Waals surface area contributed by atoms with Gasteiger partial charge in [0.1, 0.15) is 0 Å². The molecule has 0 atom stereocenters. The van der Waals surface area contributed by atoms with E-state index in [0.717, 1.165) is 33.7 Å². The summed E-state index contributed by atoms with van der Waals surface area (Å²) in [5.41, 5.74) is 5.29. The van der Waals surface area contributed by atoms with E-state index in [2.05, 4.69) is 30.3 Å². The van der Waals surface area contributed by atoms with Gasteiger partial charge in [-0.15, -0.1) is 0 Å². The van der Waals surface area contributed by atoms with Gasteiger partial charge in [0.05, 0.1) is 11.2 Å². The summed E-state index contributed by atoms with van der Waals surface area (Å²) in [5, 5.41) is 11.9. The predicted molar refractivity (Wildman–Crippen MR) is 106 cm³/mol. The molecule has 0 spiro atoms. The Labute approximate surface area is 151 Å². The number of hydrogen-bond donors (Lipinski definition) is 1. The van der Waals surface area contributed by atoms with Gasteiger partial charge in [0.2, 0.25) is 0 Å². The zero-order valence-electron chi connectivity index (χ0n) is 13.8. The van der Waals surface area contributed by atoms with Gasteiger partial charge in [-0.3, -0.25) is 0 Å². The van der Waals surface area contributed by atoms with E-state index in [-0.39, 0.29) is 0 Å². The van der Waals surface area contributed by atoms with Gasteiger partial charge < -0.3 is 5.21 Å². The topological polar surface area (TPSA) is 25.2 Å². The molecule has 3 heteroatoms. The molecule has 0 radical (unpaired) electrons. The second kappa shape index (κ2) is 7.08.